The molecule has 6 nitrogen and oxygen atoms in total. The molecule has 3 aromatic carbocycles. The summed E-state index contributed by atoms with van der Waals surface area (Å²) in [6, 6.07) is 20.4. The number of amides is 1. The Morgan fingerprint density at radius 3 is 2.31 bits per heavy atom. The molecule has 0 aliphatic carbocycles. The maximum Gasteiger partial charge on any atom is 0.416 e. The van der Waals surface area contributed by atoms with Crippen molar-refractivity contribution in [3.8, 4) is 22.7 Å². The molecule has 0 radical (unpaired) electrons. The van der Waals surface area contributed by atoms with Crippen molar-refractivity contribution in [1.29, 1.82) is 0 Å². The molecular formula is C27H20F3N3O3. The van der Waals surface area contributed by atoms with Crippen molar-refractivity contribution in [3.63, 3.8) is 0 Å². The van der Waals surface area contributed by atoms with E-state index < -0.39 is 29.4 Å². The van der Waals surface area contributed by atoms with Crippen LogP contribution in [0.5, 0.6) is 5.88 Å². The lowest BCUT2D eigenvalue weighted by Gasteiger charge is -2.27. The van der Waals surface area contributed by atoms with Crippen LogP contribution in [0.2, 0.25) is 0 Å². The van der Waals surface area contributed by atoms with Gasteiger partial charge in [-0.15, -0.1) is 0 Å². The van der Waals surface area contributed by atoms with Gasteiger partial charge in [0.25, 0.3) is 5.91 Å². The minimum Gasteiger partial charge on any atom is -0.493 e. The van der Waals surface area contributed by atoms with E-state index in [0.717, 1.165) is 27.8 Å². The number of benzene rings is 3. The number of hydrogen-bond donors (Lipinski definition) is 1. The molecule has 4 aromatic rings. The number of carbonyl (C=O) groups is 1. The summed E-state index contributed by atoms with van der Waals surface area (Å²) in [5, 5.41) is 11.0. The van der Waals surface area contributed by atoms with Gasteiger partial charge in [-0.25, -0.2) is 9.36 Å². The zero-order chi connectivity index (χ0) is 25.2. The molecule has 1 fully saturated rings. The lowest BCUT2D eigenvalue weighted by molar-refractivity contribution is -0.137. The molecule has 3 heterocycles. The largest absolute Gasteiger partial charge is 0.493 e. The molecule has 0 saturated carbocycles. The molecule has 0 unspecified atom stereocenters. The SMILES string of the molecule is O=C(c1ccc(-c2ccccc2)cc1)N1C[C@@H]2C[C@H]1c1c(O)n(-c3cccc(C(F)(F)F)c3)c(=O)n12. The zero-order valence-corrected chi connectivity index (χ0v) is 18.8. The van der Waals surface area contributed by atoms with Crippen LogP contribution in [0, 0.1) is 0 Å². The summed E-state index contributed by atoms with van der Waals surface area (Å²) in [7, 11) is 0. The molecule has 2 aliphatic rings. The third-order valence-corrected chi connectivity index (χ3v) is 6.99. The molecule has 0 spiro atoms. The minimum absolute atomic E-state index is 0.0806. The number of rotatable bonds is 3. The summed E-state index contributed by atoms with van der Waals surface area (Å²) in [6.07, 6.45) is -4.12. The Labute approximate surface area is 203 Å². The number of nitrogens with zero attached hydrogens (tertiary/aromatic N) is 3. The van der Waals surface area contributed by atoms with Crippen molar-refractivity contribution >= 4 is 5.91 Å². The van der Waals surface area contributed by atoms with E-state index in [1.165, 1.54) is 16.7 Å². The molecule has 2 atom stereocenters. The van der Waals surface area contributed by atoms with Crippen molar-refractivity contribution in [3.05, 3.63) is 106 Å². The van der Waals surface area contributed by atoms with Crippen LogP contribution in [0.1, 0.15) is 40.1 Å². The van der Waals surface area contributed by atoms with E-state index in [-0.39, 0.29) is 29.9 Å². The standard InChI is InChI=1S/C27H20F3N3O3/c28-27(29,30)19-7-4-8-20(13-19)33-25(35)23-22-14-21(32(23)26(33)36)15-31(22)24(34)18-11-9-17(10-12-18)16-5-2-1-3-6-16/h1-13,21-22,35H,14-15H2/t21-,22-/m0/s1. The molecule has 1 aromatic heterocycles. The third-order valence-electron chi connectivity index (χ3n) is 6.99. The number of carbonyl (C=O) groups excluding carboxylic acids is 1. The molecule has 36 heavy (non-hydrogen) atoms. The highest BCUT2D eigenvalue weighted by molar-refractivity contribution is 5.95. The second-order valence-corrected chi connectivity index (χ2v) is 9.05. The predicted molar refractivity (Wildman–Crippen MR) is 126 cm³/mol. The highest BCUT2D eigenvalue weighted by Gasteiger charge is 2.49. The predicted octanol–water partition coefficient (Wildman–Crippen LogP) is 5.17. The smallest absolute Gasteiger partial charge is 0.416 e. The van der Waals surface area contributed by atoms with Crippen molar-refractivity contribution < 1.29 is 23.1 Å². The van der Waals surface area contributed by atoms with Gasteiger partial charge in [-0.1, -0.05) is 48.5 Å². The van der Waals surface area contributed by atoms with Crippen molar-refractivity contribution in [2.75, 3.05) is 6.54 Å². The van der Waals surface area contributed by atoms with Gasteiger partial charge >= 0.3 is 11.9 Å². The molecule has 2 aliphatic heterocycles. The Kier molecular flexibility index (Phi) is 4.86. The van der Waals surface area contributed by atoms with E-state index in [2.05, 4.69) is 0 Å². The first-order valence-electron chi connectivity index (χ1n) is 11.4. The van der Waals surface area contributed by atoms with E-state index in [1.807, 2.05) is 42.5 Å². The van der Waals surface area contributed by atoms with Gasteiger partial charge in [-0.2, -0.15) is 13.2 Å². The van der Waals surface area contributed by atoms with Crippen LogP contribution in [-0.4, -0.2) is 31.6 Å². The van der Waals surface area contributed by atoms with E-state index in [9.17, 15) is 27.9 Å². The average molecular weight is 491 g/mol. The number of halogens is 3. The summed E-state index contributed by atoms with van der Waals surface area (Å²) in [5.41, 5.74) is 1.12. The third kappa shape index (κ3) is 3.34. The van der Waals surface area contributed by atoms with E-state index >= 15 is 0 Å². The maximum absolute atomic E-state index is 13.3. The second-order valence-electron chi connectivity index (χ2n) is 9.05. The fourth-order valence-corrected chi connectivity index (χ4v) is 5.33. The van der Waals surface area contributed by atoms with Crippen LogP contribution >= 0.6 is 0 Å². The van der Waals surface area contributed by atoms with E-state index in [1.54, 1.807) is 17.0 Å². The monoisotopic (exact) mass is 491 g/mol. The van der Waals surface area contributed by atoms with Crippen LogP contribution in [-0.2, 0) is 6.18 Å². The van der Waals surface area contributed by atoms with E-state index in [4.69, 9.17) is 0 Å². The Hall–Kier alpha value is -4.27. The Morgan fingerprint density at radius 2 is 1.61 bits per heavy atom. The molecule has 182 valence electrons. The second kappa shape index (κ2) is 7.87. The average Bonchev–Trinajstić information content (AvgIpc) is 3.55. The van der Waals surface area contributed by atoms with Crippen LogP contribution in [0.15, 0.2) is 83.7 Å². The van der Waals surface area contributed by atoms with Crippen molar-refractivity contribution in [1.82, 2.24) is 14.0 Å². The van der Waals surface area contributed by atoms with Crippen LogP contribution in [0.25, 0.3) is 16.8 Å². The fourth-order valence-electron chi connectivity index (χ4n) is 5.33. The number of likely N-dealkylation sites (tertiary alicyclic amines) is 1. The lowest BCUT2D eigenvalue weighted by atomic mass is 10.0. The Balaban J connectivity index is 1.32. The van der Waals surface area contributed by atoms with Crippen LogP contribution in [0.3, 0.4) is 0 Å². The van der Waals surface area contributed by atoms with Gasteiger partial charge in [0, 0.05) is 12.1 Å². The first-order chi connectivity index (χ1) is 17.2. The van der Waals surface area contributed by atoms with Gasteiger partial charge in [0.15, 0.2) is 0 Å². The number of aromatic nitrogens is 2. The molecule has 6 rings (SSSR count). The zero-order valence-electron chi connectivity index (χ0n) is 18.8. The minimum atomic E-state index is -4.59. The molecule has 1 amide bonds. The summed E-state index contributed by atoms with van der Waals surface area (Å²) < 4.78 is 41.9. The topological polar surface area (TPSA) is 67.5 Å². The van der Waals surface area contributed by atoms with Crippen molar-refractivity contribution in [2.24, 2.45) is 0 Å². The Morgan fingerprint density at radius 1 is 0.917 bits per heavy atom. The number of fused-ring (bicyclic) bond motifs is 5. The van der Waals surface area contributed by atoms with Gasteiger partial charge < -0.3 is 10.0 Å². The van der Waals surface area contributed by atoms with Gasteiger partial charge in [-0.3, -0.25) is 9.36 Å². The number of alkyl halides is 3. The van der Waals surface area contributed by atoms with Gasteiger partial charge in [0.1, 0.15) is 5.69 Å². The van der Waals surface area contributed by atoms with Crippen LogP contribution in [0.4, 0.5) is 13.2 Å². The first kappa shape index (κ1) is 22.2. The van der Waals surface area contributed by atoms with Crippen molar-refractivity contribution in [2.45, 2.75) is 24.7 Å². The Bertz CT molecular complexity index is 1540. The molecule has 1 N–H and O–H groups in total. The highest BCUT2D eigenvalue weighted by atomic mass is 19.4. The summed E-state index contributed by atoms with van der Waals surface area (Å²) in [6.45, 7) is 0.281. The lowest BCUT2D eigenvalue weighted by Crippen LogP contribution is -2.37. The number of hydrogen-bond acceptors (Lipinski definition) is 3. The molecular weight excluding hydrogens is 471 g/mol. The summed E-state index contributed by atoms with van der Waals surface area (Å²) in [5.74, 6) is -0.671. The van der Waals surface area contributed by atoms with Crippen LogP contribution < -0.4 is 5.69 Å². The summed E-state index contributed by atoms with van der Waals surface area (Å²) in [4.78, 5) is 28.1. The maximum atomic E-state index is 13.3. The molecule has 1 saturated heterocycles. The number of imidazole rings is 1. The highest BCUT2D eigenvalue weighted by Crippen LogP contribution is 2.49. The fraction of sp³-hybridized carbons (Fsp3) is 0.185. The van der Waals surface area contributed by atoms with Gasteiger partial charge in [0.05, 0.1) is 23.3 Å². The first-order valence-corrected chi connectivity index (χ1v) is 11.4. The van der Waals surface area contributed by atoms with Gasteiger partial charge in [-0.05, 0) is 47.9 Å². The normalized spacial score (nSPS) is 18.5. The summed E-state index contributed by atoms with van der Waals surface area (Å²) >= 11 is 0. The van der Waals surface area contributed by atoms with Gasteiger partial charge in [0.2, 0.25) is 5.88 Å². The number of aromatic hydroxyl groups is 1. The molecule has 2 bridgehead atoms. The molecule has 9 heteroatoms. The quantitative estimate of drug-likeness (QED) is 0.430. The van der Waals surface area contributed by atoms with E-state index in [0.29, 0.717) is 12.0 Å².